The van der Waals surface area contributed by atoms with Crippen LogP contribution >= 0.6 is 0 Å². The monoisotopic (exact) mass is 257 g/mol. The van der Waals surface area contributed by atoms with E-state index in [1.54, 1.807) is 12.1 Å². The highest BCUT2D eigenvalue weighted by atomic mass is 16.5. The molecular formula is C15H15NO3. The van der Waals surface area contributed by atoms with E-state index in [1.165, 1.54) is 13.2 Å². The maximum atomic E-state index is 11.3. The second kappa shape index (κ2) is 5.44. The Kier molecular flexibility index (Phi) is 3.71. The molecule has 0 aliphatic rings. The van der Waals surface area contributed by atoms with Crippen molar-refractivity contribution in [1.82, 2.24) is 0 Å². The van der Waals surface area contributed by atoms with Crippen LogP contribution in [-0.2, 0) is 0 Å². The zero-order valence-corrected chi connectivity index (χ0v) is 10.8. The number of hydrogen-bond donors (Lipinski definition) is 1. The number of para-hydroxylation sites is 1. The van der Waals surface area contributed by atoms with E-state index in [4.69, 9.17) is 4.74 Å². The number of carbonyl (C=O) groups is 1. The van der Waals surface area contributed by atoms with Gasteiger partial charge in [0.05, 0.1) is 18.4 Å². The third-order valence-electron chi connectivity index (χ3n) is 2.94. The molecule has 98 valence electrons. The van der Waals surface area contributed by atoms with E-state index < -0.39 is 5.97 Å². The maximum absolute atomic E-state index is 11.3. The van der Waals surface area contributed by atoms with Crippen LogP contribution in [0.2, 0.25) is 0 Å². The Hall–Kier alpha value is -2.49. The van der Waals surface area contributed by atoms with E-state index in [1.807, 2.05) is 42.3 Å². The van der Waals surface area contributed by atoms with E-state index in [2.05, 4.69) is 0 Å². The zero-order chi connectivity index (χ0) is 13.8. The summed E-state index contributed by atoms with van der Waals surface area (Å²) in [6.45, 7) is 0. The third kappa shape index (κ3) is 2.68. The van der Waals surface area contributed by atoms with Crippen molar-refractivity contribution in [2.24, 2.45) is 0 Å². The Bertz CT molecular complexity index is 581. The lowest BCUT2D eigenvalue weighted by Crippen LogP contribution is -2.14. The molecule has 4 nitrogen and oxygen atoms in total. The van der Waals surface area contributed by atoms with E-state index in [9.17, 15) is 9.90 Å². The number of rotatable bonds is 4. The maximum Gasteiger partial charge on any atom is 0.337 e. The molecule has 0 amide bonds. The number of carboxylic acid groups (broad SMARTS) is 1. The molecule has 0 aromatic heterocycles. The van der Waals surface area contributed by atoms with Crippen molar-refractivity contribution in [3.63, 3.8) is 0 Å². The minimum atomic E-state index is -0.975. The summed E-state index contributed by atoms with van der Waals surface area (Å²) < 4.78 is 5.06. The van der Waals surface area contributed by atoms with Gasteiger partial charge in [-0.05, 0) is 30.3 Å². The molecule has 19 heavy (non-hydrogen) atoms. The Morgan fingerprint density at radius 2 is 1.84 bits per heavy atom. The Morgan fingerprint density at radius 1 is 1.16 bits per heavy atom. The summed E-state index contributed by atoms with van der Waals surface area (Å²) in [6.07, 6.45) is 0. The van der Waals surface area contributed by atoms with Gasteiger partial charge in [0.15, 0.2) is 0 Å². The number of hydrogen-bond acceptors (Lipinski definition) is 3. The Balaban J connectivity index is 2.47. The van der Waals surface area contributed by atoms with Gasteiger partial charge in [-0.15, -0.1) is 0 Å². The highest BCUT2D eigenvalue weighted by molar-refractivity contribution is 5.96. The summed E-state index contributed by atoms with van der Waals surface area (Å²) in [5.41, 5.74) is 1.76. The molecule has 0 bridgehead atoms. The van der Waals surface area contributed by atoms with E-state index in [-0.39, 0.29) is 5.56 Å². The molecule has 2 aromatic carbocycles. The fourth-order valence-electron chi connectivity index (χ4n) is 1.90. The summed E-state index contributed by atoms with van der Waals surface area (Å²) >= 11 is 0. The highest BCUT2D eigenvalue weighted by Crippen LogP contribution is 2.29. The molecule has 0 fully saturated rings. The van der Waals surface area contributed by atoms with Crippen LogP contribution in [0.25, 0.3) is 0 Å². The summed E-state index contributed by atoms with van der Waals surface area (Å²) in [7, 11) is 3.35. The summed E-state index contributed by atoms with van der Waals surface area (Å²) in [6, 6.07) is 14.6. The number of nitrogens with zero attached hydrogens (tertiary/aromatic N) is 1. The standard InChI is InChI=1S/C15H15NO3/c1-16(11-6-4-3-5-7-11)14-9-8-12(19-2)10-13(14)15(17)18/h3-10H,1-2H3,(H,17,18). The average Bonchev–Trinajstić information content (AvgIpc) is 2.46. The van der Waals surface area contributed by atoms with Gasteiger partial charge in [0.2, 0.25) is 0 Å². The Morgan fingerprint density at radius 3 is 2.42 bits per heavy atom. The molecule has 4 heteroatoms. The minimum absolute atomic E-state index is 0.214. The van der Waals surface area contributed by atoms with Crippen LogP contribution in [0, 0.1) is 0 Å². The van der Waals surface area contributed by atoms with Crippen LogP contribution in [0.4, 0.5) is 11.4 Å². The number of anilines is 2. The fraction of sp³-hybridized carbons (Fsp3) is 0.133. The smallest absolute Gasteiger partial charge is 0.337 e. The second-order valence-corrected chi connectivity index (χ2v) is 4.08. The molecule has 0 radical (unpaired) electrons. The predicted molar refractivity (Wildman–Crippen MR) is 74.5 cm³/mol. The average molecular weight is 257 g/mol. The van der Waals surface area contributed by atoms with E-state index >= 15 is 0 Å². The van der Waals surface area contributed by atoms with Crippen LogP contribution in [0.15, 0.2) is 48.5 Å². The molecule has 0 saturated heterocycles. The van der Waals surface area contributed by atoms with Crippen LogP contribution in [0.5, 0.6) is 5.75 Å². The summed E-state index contributed by atoms with van der Waals surface area (Å²) in [5.74, 6) is -0.445. The molecule has 2 rings (SSSR count). The first-order valence-electron chi connectivity index (χ1n) is 5.83. The molecule has 2 aromatic rings. The molecule has 1 N–H and O–H groups in total. The predicted octanol–water partition coefficient (Wildman–Crippen LogP) is 3.16. The van der Waals surface area contributed by atoms with Crippen molar-refractivity contribution in [2.75, 3.05) is 19.1 Å². The zero-order valence-electron chi connectivity index (χ0n) is 10.8. The van der Waals surface area contributed by atoms with Gasteiger partial charge in [0.1, 0.15) is 5.75 Å². The normalized spacial score (nSPS) is 10.0. The van der Waals surface area contributed by atoms with Crippen molar-refractivity contribution in [1.29, 1.82) is 0 Å². The summed E-state index contributed by atoms with van der Waals surface area (Å²) in [5, 5.41) is 9.30. The molecule has 0 aliphatic carbocycles. The molecule has 0 saturated carbocycles. The lowest BCUT2D eigenvalue weighted by atomic mass is 10.1. The number of aromatic carboxylic acids is 1. The van der Waals surface area contributed by atoms with Gasteiger partial charge in [0.25, 0.3) is 0 Å². The lowest BCUT2D eigenvalue weighted by molar-refractivity contribution is 0.0697. The van der Waals surface area contributed by atoms with E-state index in [0.29, 0.717) is 11.4 Å². The topological polar surface area (TPSA) is 49.8 Å². The van der Waals surface area contributed by atoms with Crippen LogP contribution in [0.1, 0.15) is 10.4 Å². The first-order chi connectivity index (χ1) is 9.13. The fourth-order valence-corrected chi connectivity index (χ4v) is 1.90. The van der Waals surface area contributed by atoms with Crippen LogP contribution in [0.3, 0.4) is 0 Å². The summed E-state index contributed by atoms with van der Waals surface area (Å²) in [4.78, 5) is 13.2. The molecule has 0 spiro atoms. The third-order valence-corrected chi connectivity index (χ3v) is 2.94. The van der Waals surface area contributed by atoms with Crippen LogP contribution < -0.4 is 9.64 Å². The van der Waals surface area contributed by atoms with Gasteiger partial charge in [0, 0.05) is 12.7 Å². The lowest BCUT2D eigenvalue weighted by Gasteiger charge is -2.21. The number of methoxy groups -OCH3 is 1. The highest BCUT2D eigenvalue weighted by Gasteiger charge is 2.15. The Labute approximate surface area is 111 Å². The van der Waals surface area contributed by atoms with Gasteiger partial charge in [-0.3, -0.25) is 0 Å². The molecule has 0 atom stereocenters. The van der Waals surface area contributed by atoms with Gasteiger partial charge < -0.3 is 14.7 Å². The number of carboxylic acids is 1. The van der Waals surface area contributed by atoms with Gasteiger partial charge in [-0.2, -0.15) is 0 Å². The molecule has 0 unspecified atom stereocenters. The van der Waals surface area contributed by atoms with Crippen LogP contribution in [-0.4, -0.2) is 25.2 Å². The minimum Gasteiger partial charge on any atom is -0.497 e. The van der Waals surface area contributed by atoms with Crippen molar-refractivity contribution < 1.29 is 14.6 Å². The van der Waals surface area contributed by atoms with Gasteiger partial charge >= 0.3 is 5.97 Å². The molecule has 0 aliphatic heterocycles. The van der Waals surface area contributed by atoms with Gasteiger partial charge in [-0.25, -0.2) is 4.79 Å². The first-order valence-corrected chi connectivity index (χ1v) is 5.83. The van der Waals surface area contributed by atoms with Crippen molar-refractivity contribution in [3.05, 3.63) is 54.1 Å². The second-order valence-electron chi connectivity index (χ2n) is 4.08. The quantitative estimate of drug-likeness (QED) is 0.914. The SMILES string of the molecule is COc1ccc(N(C)c2ccccc2)c(C(=O)O)c1. The number of ether oxygens (including phenoxy) is 1. The molecule has 0 heterocycles. The van der Waals surface area contributed by atoms with Crippen molar-refractivity contribution >= 4 is 17.3 Å². The van der Waals surface area contributed by atoms with Crippen molar-refractivity contribution in [2.45, 2.75) is 0 Å². The van der Waals surface area contributed by atoms with Crippen molar-refractivity contribution in [3.8, 4) is 5.75 Å². The first kappa shape index (κ1) is 13.0. The molecular weight excluding hydrogens is 242 g/mol. The largest absolute Gasteiger partial charge is 0.497 e. The van der Waals surface area contributed by atoms with Gasteiger partial charge in [-0.1, -0.05) is 18.2 Å². The van der Waals surface area contributed by atoms with E-state index in [0.717, 1.165) is 5.69 Å². The number of benzene rings is 2.